The van der Waals surface area contributed by atoms with E-state index in [9.17, 15) is 8.42 Å². The predicted octanol–water partition coefficient (Wildman–Crippen LogP) is 0.802. The maximum Gasteiger partial charge on any atom is 0.243 e. The third kappa shape index (κ3) is 3.02. The third-order valence-electron chi connectivity index (χ3n) is 3.01. The molecule has 0 radical (unpaired) electrons. The normalized spacial score (nSPS) is 22.5. The molecule has 0 aromatic carbocycles. The Morgan fingerprint density at radius 2 is 2.29 bits per heavy atom. The molecule has 6 heteroatoms. The van der Waals surface area contributed by atoms with Crippen LogP contribution >= 0.6 is 0 Å². The van der Waals surface area contributed by atoms with Crippen LogP contribution in [0.2, 0.25) is 0 Å². The minimum atomic E-state index is -3.45. The largest absolute Gasteiger partial charge is 0.290 e. The Morgan fingerprint density at radius 3 is 2.94 bits per heavy atom. The Bertz CT molecular complexity index is 461. The lowest BCUT2D eigenvalue weighted by atomic mass is 10.1. The smallest absolute Gasteiger partial charge is 0.243 e. The van der Waals surface area contributed by atoms with Crippen molar-refractivity contribution in [2.24, 2.45) is 0 Å². The van der Waals surface area contributed by atoms with Crippen molar-refractivity contribution in [2.45, 2.75) is 30.3 Å². The number of nitrogens with zero attached hydrogens (tertiary/aromatic N) is 2. The van der Waals surface area contributed by atoms with Gasteiger partial charge in [-0.3, -0.25) is 9.88 Å². The monoisotopic (exact) mass is 255 g/mol. The second kappa shape index (κ2) is 5.12. The minimum Gasteiger partial charge on any atom is -0.290 e. The van der Waals surface area contributed by atoms with Gasteiger partial charge in [-0.1, -0.05) is 0 Å². The summed E-state index contributed by atoms with van der Waals surface area (Å²) in [5, 5.41) is 0. The van der Waals surface area contributed by atoms with E-state index in [4.69, 9.17) is 0 Å². The van der Waals surface area contributed by atoms with Gasteiger partial charge in [-0.05, 0) is 45.0 Å². The Balaban J connectivity index is 2.12. The lowest BCUT2D eigenvalue weighted by molar-refractivity contribution is 0.175. The van der Waals surface area contributed by atoms with Gasteiger partial charge >= 0.3 is 0 Å². The second-order valence-corrected chi connectivity index (χ2v) is 6.02. The highest BCUT2D eigenvalue weighted by Crippen LogP contribution is 2.15. The van der Waals surface area contributed by atoms with Crippen LogP contribution in [0, 0.1) is 0 Å². The van der Waals surface area contributed by atoms with Gasteiger partial charge in [0.15, 0.2) is 0 Å². The fraction of sp³-hybridized carbons (Fsp3) is 0.545. The van der Waals surface area contributed by atoms with E-state index >= 15 is 0 Å². The molecule has 0 bridgehead atoms. The van der Waals surface area contributed by atoms with Gasteiger partial charge in [0.1, 0.15) is 4.90 Å². The molecule has 1 aromatic heterocycles. The first-order valence-electron chi connectivity index (χ1n) is 5.72. The van der Waals surface area contributed by atoms with Crippen LogP contribution in [0.4, 0.5) is 0 Å². The highest BCUT2D eigenvalue weighted by atomic mass is 32.2. The standard InChI is InChI=1S/C11H17N3O2S/c1-14-8-3-2-6-11(14)13-17(15,16)10-5-4-7-12-9-10/h4-5,7,9,11,13H,2-3,6,8H2,1H3. The molecule has 1 atom stereocenters. The van der Waals surface area contributed by atoms with Crippen molar-refractivity contribution in [1.82, 2.24) is 14.6 Å². The van der Waals surface area contributed by atoms with Gasteiger partial charge < -0.3 is 0 Å². The summed E-state index contributed by atoms with van der Waals surface area (Å²) >= 11 is 0. The lowest BCUT2D eigenvalue weighted by Gasteiger charge is -2.32. The van der Waals surface area contributed by atoms with Crippen LogP contribution in [0.3, 0.4) is 0 Å². The molecule has 0 saturated carbocycles. The quantitative estimate of drug-likeness (QED) is 0.868. The molecule has 0 aliphatic carbocycles. The van der Waals surface area contributed by atoms with Gasteiger partial charge in [0, 0.05) is 12.4 Å². The van der Waals surface area contributed by atoms with Crippen LogP contribution in [-0.2, 0) is 10.0 Å². The fourth-order valence-electron chi connectivity index (χ4n) is 1.98. The number of hydrogen-bond acceptors (Lipinski definition) is 4. The van der Waals surface area contributed by atoms with E-state index in [0.717, 1.165) is 25.8 Å². The van der Waals surface area contributed by atoms with E-state index < -0.39 is 10.0 Å². The summed E-state index contributed by atoms with van der Waals surface area (Å²) in [5.41, 5.74) is 0. The molecular weight excluding hydrogens is 238 g/mol. The Kier molecular flexibility index (Phi) is 3.76. The van der Waals surface area contributed by atoms with Crippen LogP contribution in [0.15, 0.2) is 29.4 Å². The zero-order chi connectivity index (χ0) is 12.3. The molecule has 5 nitrogen and oxygen atoms in total. The molecule has 1 saturated heterocycles. The second-order valence-electron chi connectivity index (χ2n) is 4.30. The molecule has 2 rings (SSSR count). The minimum absolute atomic E-state index is 0.103. The third-order valence-corrected chi connectivity index (χ3v) is 4.45. The number of hydrogen-bond donors (Lipinski definition) is 1. The summed E-state index contributed by atoms with van der Waals surface area (Å²) in [6.45, 7) is 0.931. The van der Waals surface area contributed by atoms with Crippen molar-refractivity contribution in [1.29, 1.82) is 0 Å². The van der Waals surface area contributed by atoms with E-state index in [-0.39, 0.29) is 11.1 Å². The number of sulfonamides is 1. The SMILES string of the molecule is CN1CCCCC1NS(=O)(=O)c1cccnc1. The van der Waals surface area contributed by atoms with Crippen molar-refractivity contribution < 1.29 is 8.42 Å². The molecule has 1 unspecified atom stereocenters. The number of likely N-dealkylation sites (tertiary alicyclic amines) is 1. The molecule has 1 aromatic rings. The van der Waals surface area contributed by atoms with E-state index in [1.54, 1.807) is 18.3 Å². The molecule has 1 aliphatic heterocycles. The van der Waals surface area contributed by atoms with Crippen molar-refractivity contribution in [3.05, 3.63) is 24.5 Å². The van der Waals surface area contributed by atoms with Gasteiger partial charge in [0.25, 0.3) is 0 Å². The van der Waals surface area contributed by atoms with E-state index in [0.29, 0.717) is 0 Å². The average molecular weight is 255 g/mol. The summed E-state index contributed by atoms with van der Waals surface area (Å²) in [7, 11) is -1.51. The van der Waals surface area contributed by atoms with E-state index in [1.165, 1.54) is 6.20 Å². The zero-order valence-electron chi connectivity index (χ0n) is 9.83. The number of nitrogens with one attached hydrogen (secondary N) is 1. The molecule has 94 valence electrons. The van der Waals surface area contributed by atoms with Crippen LogP contribution in [0.25, 0.3) is 0 Å². The maximum absolute atomic E-state index is 12.1. The van der Waals surface area contributed by atoms with E-state index in [2.05, 4.69) is 9.71 Å². The summed E-state index contributed by atoms with van der Waals surface area (Å²) in [6, 6.07) is 3.18. The zero-order valence-corrected chi connectivity index (χ0v) is 10.7. The molecule has 2 heterocycles. The summed E-state index contributed by atoms with van der Waals surface area (Å²) in [4.78, 5) is 6.09. The van der Waals surface area contributed by atoms with Gasteiger partial charge in [0.05, 0.1) is 6.17 Å². The van der Waals surface area contributed by atoms with Crippen LogP contribution < -0.4 is 4.72 Å². The Morgan fingerprint density at radius 1 is 1.47 bits per heavy atom. The predicted molar refractivity (Wildman–Crippen MR) is 64.8 cm³/mol. The van der Waals surface area contributed by atoms with Crippen LogP contribution in [-0.4, -0.2) is 38.1 Å². The van der Waals surface area contributed by atoms with Gasteiger partial charge in [-0.15, -0.1) is 0 Å². The number of rotatable bonds is 3. The first-order valence-corrected chi connectivity index (χ1v) is 7.20. The highest BCUT2D eigenvalue weighted by Gasteiger charge is 2.25. The molecule has 1 N–H and O–H groups in total. The van der Waals surface area contributed by atoms with Crippen molar-refractivity contribution in [3.8, 4) is 0 Å². The van der Waals surface area contributed by atoms with Gasteiger partial charge in [-0.25, -0.2) is 8.42 Å². The maximum atomic E-state index is 12.1. The van der Waals surface area contributed by atoms with Crippen molar-refractivity contribution in [3.63, 3.8) is 0 Å². The van der Waals surface area contributed by atoms with Gasteiger partial charge in [-0.2, -0.15) is 4.72 Å². The number of aromatic nitrogens is 1. The summed E-state index contributed by atoms with van der Waals surface area (Å²) in [6.07, 6.45) is 5.87. The topological polar surface area (TPSA) is 62.3 Å². The van der Waals surface area contributed by atoms with Gasteiger partial charge in [0.2, 0.25) is 10.0 Å². The highest BCUT2D eigenvalue weighted by molar-refractivity contribution is 7.89. The average Bonchev–Trinajstić information content (AvgIpc) is 2.33. The Hall–Kier alpha value is -0.980. The van der Waals surface area contributed by atoms with Crippen molar-refractivity contribution in [2.75, 3.05) is 13.6 Å². The first kappa shape index (κ1) is 12.5. The van der Waals surface area contributed by atoms with Crippen LogP contribution in [0.1, 0.15) is 19.3 Å². The Labute approximate surface area is 102 Å². The number of pyridine rings is 1. The molecule has 1 aliphatic rings. The summed E-state index contributed by atoms with van der Waals surface area (Å²) < 4.78 is 26.9. The lowest BCUT2D eigenvalue weighted by Crippen LogP contribution is -2.48. The number of piperidine rings is 1. The molecule has 0 spiro atoms. The molecular formula is C11H17N3O2S. The molecule has 17 heavy (non-hydrogen) atoms. The molecule has 1 fully saturated rings. The van der Waals surface area contributed by atoms with E-state index in [1.807, 2.05) is 11.9 Å². The van der Waals surface area contributed by atoms with Crippen LogP contribution in [0.5, 0.6) is 0 Å². The molecule has 0 amide bonds. The fourth-order valence-corrected chi connectivity index (χ4v) is 3.23. The summed E-state index contributed by atoms with van der Waals surface area (Å²) in [5.74, 6) is 0. The first-order chi connectivity index (χ1) is 8.09. The van der Waals surface area contributed by atoms with Crippen molar-refractivity contribution >= 4 is 10.0 Å².